The molecule has 2 N–H and O–H groups in total. The maximum Gasteiger partial charge on any atom is 0.251 e. The first-order valence-corrected chi connectivity index (χ1v) is 9.68. The van der Waals surface area contributed by atoms with E-state index in [0.29, 0.717) is 17.9 Å². The number of hydrogen-bond acceptors (Lipinski definition) is 6. The second-order valence-electron chi connectivity index (χ2n) is 6.22. The molecule has 0 atom stereocenters. The number of carbonyl (C=O) groups is 1. The number of aryl methyl sites for hydroxylation is 1. The topological polar surface area (TPSA) is 80.0 Å². The number of aromatic nitrogens is 2. The predicted molar refractivity (Wildman–Crippen MR) is 110 cm³/mol. The number of furan rings is 1. The molecule has 6 nitrogen and oxygen atoms in total. The van der Waals surface area contributed by atoms with Crippen LogP contribution in [0.2, 0.25) is 0 Å². The number of anilines is 2. The van der Waals surface area contributed by atoms with Gasteiger partial charge in [0.2, 0.25) is 0 Å². The Morgan fingerprint density at radius 2 is 2.04 bits per heavy atom. The van der Waals surface area contributed by atoms with Gasteiger partial charge in [-0.25, -0.2) is 0 Å². The van der Waals surface area contributed by atoms with Crippen LogP contribution in [0.15, 0.2) is 69.8 Å². The van der Waals surface area contributed by atoms with Crippen LogP contribution in [-0.2, 0) is 6.54 Å². The molecule has 0 fully saturated rings. The Kier molecular flexibility index (Phi) is 5.16. The molecule has 1 amide bonds. The fourth-order valence-corrected chi connectivity index (χ4v) is 3.35. The average molecular weight is 390 g/mol. The largest absolute Gasteiger partial charge is 0.465 e. The number of rotatable bonds is 6. The van der Waals surface area contributed by atoms with E-state index in [9.17, 15) is 4.79 Å². The summed E-state index contributed by atoms with van der Waals surface area (Å²) in [4.78, 5) is 12.4. The van der Waals surface area contributed by atoms with Crippen molar-refractivity contribution < 1.29 is 9.21 Å². The van der Waals surface area contributed by atoms with E-state index < -0.39 is 0 Å². The van der Waals surface area contributed by atoms with Gasteiger partial charge in [0.05, 0.1) is 12.2 Å². The number of benzene rings is 1. The summed E-state index contributed by atoms with van der Waals surface area (Å²) in [6.07, 6.45) is 0. The van der Waals surface area contributed by atoms with Crippen molar-refractivity contribution >= 4 is 28.7 Å². The molecule has 140 valence electrons. The van der Waals surface area contributed by atoms with Crippen LogP contribution in [0.4, 0.5) is 11.5 Å². The molecule has 3 aromatic heterocycles. The molecule has 28 heavy (non-hydrogen) atoms. The number of nitrogens with one attached hydrogen (secondary N) is 2. The molecular weight excluding hydrogens is 372 g/mol. The Bertz CT molecular complexity index is 1070. The van der Waals surface area contributed by atoms with Crippen LogP contribution >= 0.6 is 11.3 Å². The van der Waals surface area contributed by atoms with E-state index in [1.54, 1.807) is 23.5 Å². The first-order valence-electron chi connectivity index (χ1n) is 8.74. The van der Waals surface area contributed by atoms with Crippen molar-refractivity contribution in [2.45, 2.75) is 13.5 Å². The summed E-state index contributed by atoms with van der Waals surface area (Å²) in [7, 11) is 0. The van der Waals surface area contributed by atoms with Crippen LogP contribution in [0.25, 0.3) is 11.3 Å². The molecule has 0 saturated heterocycles. The molecular formula is C21H18N4O2S. The van der Waals surface area contributed by atoms with Gasteiger partial charge in [-0.3, -0.25) is 4.79 Å². The monoisotopic (exact) mass is 390 g/mol. The maximum atomic E-state index is 12.4. The van der Waals surface area contributed by atoms with Crippen LogP contribution in [0, 0.1) is 6.92 Å². The standard InChI is InChI=1S/C21H18N4O2S/c1-14-5-6-18(27-14)12-22-21(26)15-3-2-4-17(11-15)23-20-8-7-19(24-25-20)16-9-10-28-13-16/h2-11,13H,12H2,1H3,(H,22,26)(H,23,25). The van der Waals surface area contributed by atoms with Gasteiger partial charge in [-0.15, -0.1) is 10.2 Å². The molecule has 0 aliphatic heterocycles. The van der Waals surface area contributed by atoms with Crippen LogP contribution in [-0.4, -0.2) is 16.1 Å². The van der Waals surface area contributed by atoms with Gasteiger partial charge in [0.1, 0.15) is 11.5 Å². The Balaban J connectivity index is 1.41. The van der Waals surface area contributed by atoms with Crippen molar-refractivity contribution in [2.75, 3.05) is 5.32 Å². The molecule has 0 bridgehead atoms. The van der Waals surface area contributed by atoms with Crippen molar-refractivity contribution in [1.29, 1.82) is 0 Å². The molecule has 0 spiro atoms. The minimum absolute atomic E-state index is 0.170. The quantitative estimate of drug-likeness (QED) is 0.495. The lowest BCUT2D eigenvalue weighted by Crippen LogP contribution is -2.22. The summed E-state index contributed by atoms with van der Waals surface area (Å²) in [5.74, 6) is 1.99. The SMILES string of the molecule is Cc1ccc(CNC(=O)c2cccc(Nc3ccc(-c4ccsc4)nn3)c2)o1. The highest BCUT2D eigenvalue weighted by Crippen LogP contribution is 2.21. The maximum absolute atomic E-state index is 12.4. The molecule has 0 aliphatic carbocycles. The second-order valence-corrected chi connectivity index (χ2v) is 7.00. The van der Waals surface area contributed by atoms with E-state index in [1.165, 1.54) is 0 Å². The summed E-state index contributed by atoms with van der Waals surface area (Å²) < 4.78 is 5.47. The number of hydrogen-bond donors (Lipinski definition) is 2. The van der Waals surface area contributed by atoms with Gasteiger partial charge < -0.3 is 15.1 Å². The van der Waals surface area contributed by atoms with Gasteiger partial charge in [-0.1, -0.05) is 6.07 Å². The second kappa shape index (κ2) is 8.06. The summed E-state index contributed by atoms with van der Waals surface area (Å²) in [6.45, 7) is 2.22. The van der Waals surface area contributed by atoms with Crippen molar-refractivity contribution in [1.82, 2.24) is 15.5 Å². The van der Waals surface area contributed by atoms with Crippen molar-refractivity contribution in [2.24, 2.45) is 0 Å². The molecule has 0 saturated carbocycles. The Morgan fingerprint density at radius 1 is 1.11 bits per heavy atom. The highest BCUT2D eigenvalue weighted by molar-refractivity contribution is 7.08. The highest BCUT2D eigenvalue weighted by Gasteiger charge is 2.08. The van der Waals surface area contributed by atoms with Crippen LogP contribution in [0.1, 0.15) is 21.9 Å². The van der Waals surface area contributed by atoms with Crippen LogP contribution < -0.4 is 10.6 Å². The molecule has 1 aromatic carbocycles. The van der Waals surface area contributed by atoms with Crippen molar-refractivity contribution in [3.05, 3.63) is 82.4 Å². The number of nitrogens with zero attached hydrogens (tertiary/aromatic N) is 2. The normalized spacial score (nSPS) is 10.6. The van der Waals surface area contributed by atoms with E-state index in [0.717, 1.165) is 28.5 Å². The first-order chi connectivity index (χ1) is 13.7. The van der Waals surface area contributed by atoms with Crippen molar-refractivity contribution in [3.8, 4) is 11.3 Å². The van der Waals surface area contributed by atoms with Crippen molar-refractivity contribution in [3.63, 3.8) is 0 Å². The predicted octanol–water partition coefficient (Wildman–Crippen LogP) is 4.78. The van der Waals surface area contributed by atoms with Gasteiger partial charge in [0.15, 0.2) is 5.82 Å². The fraction of sp³-hybridized carbons (Fsp3) is 0.0952. The van der Waals surface area contributed by atoms with Crippen LogP contribution in [0.3, 0.4) is 0 Å². The lowest BCUT2D eigenvalue weighted by atomic mass is 10.2. The smallest absolute Gasteiger partial charge is 0.251 e. The lowest BCUT2D eigenvalue weighted by Gasteiger charge is -2.08. The molecule has 7 heteroatoms. The third-order valence-corrected chi connectivity index (χ3v) is 4.78. The minimum atomic E-state index is -0.170. The molecule has 4 aromatic rings. The zero-order valence-electron chi connectivity index (χ0n) is 15.2. The van der Waals surface area contributed by atoms with Crippen LogP contribution in [0.5, 0.6) is 0 Å². The van der Waals surface area contributed by atoms with Gasteiger partial charge in [-0.05, 0) is 60.8 Å². The molecule has 0 aliphatic rings. The number of thiophene rings is 1. The molecule has 4 rings (SSSR count). The van der Waals surface area contributed by atoms with E-state index in [-0.39, 0.29) is 5.91 Å². The summed E-state index contributed by atoms with van der Waals surface area (Å²) >= 11 is 1.62. The Hall–Kier alpha value is -3.45. The number of amides is 1. The fourth-order valence-electron chi connectivity index (χ4n) is 2.70. The van der Waals surface area contributed by atoms with Gasteiger partial charge in [0, 0.05) is 22.2 Å². The summed E-state index contributed by atoms with van der Waals surface area (Å²) in [6, 6.07) is 16.8. The molecule has 3 heterocycles. The zero-order valence-corrected chi connectivity index (χ0v) is 16.0. The lowest BCUT2D eigenvalue weighted by molar-refractivity contribution is 0.0948. The number of carbonyl (C=O) groups excluding carboxylic acids is 1. The molecule has 0 unspecified atom stereocenters. The Labute approximate surface area is 166 Å². The average Bonchev–Trinajstić information content (AvgIpc) is 3.39. The summed E-state index contributed by atoms with van der Waals surface area (Å²) in [5, 5.41) is 18.5. The van der Waals surface area contributed by atoms with Gasteiger partial charge in [0.25, 0.3) is 5.91 Å². The van der Waals surface area contributed by atoms with E-state index in [2.05, 4.69) is 20.8 Å². The van der Waals surface area contributed by atoms with E-state index >= 15 is 0 Å². The minimum Gasteiger partial charge on any atom is -0.465 e. The summed E-state index contributed by atoms with van der Waals surface area (Å²) in [5.41, 5.74) is 3.19. The highest BCUT2D eigenvalue weighted by atomic mass is 32.1. The van der Waals surface area contributed by atoms with E-state index in [1.807, 2.05) is 60.1 Å². The van der Waals surface area contributed by atoms with Gasteiger partial charge >= 0.3 is 0 Å². The zero-order chi connectivity index (χ0) is 19.3. The van der Waals surface area contributed by atoms with Gasteiger partial charge in [-0.2, -0.15) is 11.3 Å². The third-order valence-electron chi connectivity index (χ3n) is 4.10. The third kappa shape index (κ3) is 4.27. The van der Waals surface area contributed by atoms with E-state index in [4.69, 9.17) is 4.42 Å². The first kappa shape index (κ1) is 17.9. The Morgan fingerprint density at radius 3 is 2.75 bits per heavy atom. The molecule has 0 radical (unpaired) electrons.